The van der Waals surface area contributed by atoms with Gasteiger partial charge in [-0.15, -0.1) is 0 Å². The van der Waals surface area contributed by atoms with Gasteiger partial charge in [-0.25, -0.2) is 4.98 Å². The average Bonchev–Trinajstić information content (AvgIpc) is 3.09. The first kappa shape index (κ1) is 16.2. The molecule has 130 valence electrons. The predicted octanol–water partition coefficient (Wildman–Crippen LogP) is 5.12. The van der Waals surface area contributed by atoms with Crippen LogP contribution in [0, 0.1) is 0 Å². The number of nitrogens with one attached hydrogen (secondary N) is 2. The van der Waals surface area contributed by atoms with Gasteiger partial charge >= 0.3 is 6.18 Å². The van der Waals surface area contributed by atoms with Crippen molar-refractivity contribution in [3.05, 3.63) is 89.9 Å². The molecular formula is C20H14F3N3. The molecule has 3 aromatic rings. The maximum absolute atomic E-state index is 13.4. The van der Waals surface area contributed by atoms with Crippen molar-refractivity contribution in [1.29, 1.82) is 0 Å². The molecule has 0 amide bonds. The summed E-state index contributed by atoms with van der Waals surface area (Å²) in [5.41, 5.74) is 2.66. The number of halogens is 3. The van der Waals surface area contributed by atoms with Gasteiger partial charge in [0, 0.05) is 34.7 Å². The number of aromatic amines is 1. The van der Waals surface area contributed by atoms with Gasteiger partial charge in [0.05, 0.1) is 5.56 Å². The van der Waals surface area contributed by atoms with Crippen LogP contribution >= 0.6 is 0 Å². The van der Waals surface area contributed by atoms with E-state index in [0.717, 1.165) is 28.2 Å². The largest absolute Gasteiger partial charge is 0.417 e. The molecule has 0 unspecified atom stereocenters. The molecule has 2 aromatic heterocycles. The summed E-state index contributed by atoms with van der Waals surface area (Å²) in [5, 5.41) is 3.85. The van der Waals surface area contributed by atoms with Crippen molar-refractivity contribution in [3.63, 3.8) is 0 Å². The number of H-pyrrole nitrogens is 1. The van der Waals surface area contributed by atoms with Crippen LogP contribution < -0.4 is 5.32 Å². The van der Waals surface area contributed by atoms with Crippen LogP contribution in [0.15, 0.2) is 73.2 Å². The molecule has 0 bridgehead atoms. The second kappa shape index (κ2) is 5.91. The van der Waals surface area contributed by atoms with E-state index in [4.69, 9.17) is 0 Å². The van der Waals surface area contributed by atoms with Crippen LogP contribution in [-0.2, 0) is 6.18 Å². The zero-order valence-corrected chi connectivity index (χ0v) is 13.6. The highest BCUT2D eigenvalue weighted by molar-refractivity contribution is 5.97. The molecule has 0 radical (unpaired) electrons. The molecule has 26 heavy (non-hydrogen) atoms. The van der Waals surface area contributed by atoms with Crippen LogP contribution in [-0.4, -0.2) is 9.97 Å². The van der Waals surface area contributed by atoms with Crippen molar-refractivity contribution in [2.24, 2.45) is 0 Å². The molecule has 1 aromatic carbocycles. The number of hydrogen-bond acceptors (Lipinski definition) is 2. The van der Waals surface area contributed by atoms with E-state index in [1.54, 1.807) is 24.5 Å². The number of allylic oxidation sites excluding steroid dienone is 3. The Kier molecular flexibility index (Phi) is 3.68. The molecule has 0 aliphatic carbocycles. The Morgan fingerprint density at radius 1 is 0.962 bits per heavy atom. The van der Waals surface area contributed by atoms with Crippen LogP contribution in [0.25, 0.3) is 22.3 Å². The molecule has 0 fully saturated rings. The summed E-state index contributed by atoms with van der Waals surface area (Å²) in [5.74, 6) is 0. The van der Waals surface area contributed by atoms with Gasteiger partial charge in [-0.3, -0.25) is 0 Å². The van der Waals surface area contributed by atoms with E-state index in [2.05, 4.69) is 21.9 Å². The first-order valence-electron chi connectivity index (χ1n) is 7.92. The number of hydrogen-bond donors (Lipinski definition) is 2. The zero-order valence-electron chi connectivity index (χ0n) is 13.6. The molecule has 0 spiro atoms. The molecule has 1 aliphatic rings. The lowest BCUT2D eigenvalue weighted by Crippen LogP contribution is -2.17. The van der Waals surface area contributed by atoms with Crippen LogP contribution in [0.5, 0.6) is 0 Å². The van der Waals surface area contributed by atoms with Crippen molar-refractivity contribution >= 4 is 22.3 Å². The highest BCUT2D eigenvalue weighted by atomic mass is 19.4. The third-order valence-corrected chi connectivity index (χ3v) is 4.22. The predicted molar refractivity (Wildman–Crippen MR) is 95.8 cm³/mol. The Bertz CT molecular complexity index is 1070. The highest BCUT2D eigenvalue weighted by Crippen LogP contribution is 2.37. The Labute approximate surface area is 147 Å². The normalized spacial score (nSPS) is 14.8. The summed E-state index contributed by atoms with van der Waals surface area (Å²) >= 11 is 0. The van der Waals surface area contributed by atoms with Gasteiger partial charge in [0.15, 0.2) is 0 Å². The molecule has 0 atom stereocenters. The van der Waals surface area contributed by atoms with E-state index in [0.29, 0.717) is 11.4 Å². The Hall–Kier alpha value is -3.28. The quantitative estimate of drug-likeness (QED) is 0.671. The molecular weight excluding hydrogens is 339 g/mol. The van der Waals surface area contributed by atoms with Crippen molar-refractivity contribution in [1.82, 2.24) is 15.3 Å². The number of rotatable bonds is 2. The van der Waals surface area contributed by atoms with Crippen molar-refractivity contribution < 1.29 is 13.2 Å². The number of benzene rings is 1. The number of dihydropyridines is 1. The monoisotopic (exact) mass is 353 g/mol. The Morgan fingerprint density at radius 3 is 2.58 bits per heavy atom. The van der Waals surface area contributed by atoms with E-state index < -0.39 is 11.7 Å². The zero-order chi connectivity index (χ0) is 18.3. The van der Waals surface area contributed by atoms with E-state index in [-0.39, 0.29) is 5.56 Å². The van der Waals surface area contributed by atoms with Crippen LogP contribution in [0.1, 0.15) is 16.7 Å². The smallest absolute Gasteiger partial charge is 0.355 e. The van der Waals surface area contributed by atoms with Gasteiger partial charge in [0.25, 0.3) is 0 Å². The molecule has 4 rings (SSSR count). The minimum Gasteiger partial charge on any atom is -0.355 e. The van der Waals surface area contributed by atoms with Crippen LogP contribution in [0.4, 0.5) is 13.2 Å². The van der Waals surface area contributed by atoms with Crippen molar-refractivity contribution in [3.8, 4) is 0 Å². The number of fused-ring (bicyclic) bond motifs is 1. The Morgan fingerprint density at radius 2 is 1.77 bits per heavy atom. The first-order valence-corrected chi connectivity index (χ1v) is 7.92. The van der Waals surface area contributed by atoms with Gasteiger partial charge < -0.3 is 10.3 Å². The van der Waals surface area contributed by atoms with E-state index in [9.17, 15) is 13.2 Å². The lowest BCUT2D eigenvalue weighted by Gasteiger charge is -2.21. The van der Waals surface area contributed by atoms with E-state index >= 15 is 0 Å². The summed E-state index contributed by atoms with van der Waals surface area (Å²) in [4.78, 5) is 7.29. The fourth-order valence-corrected chi connectivity index (χ4v) is 3.11. The number of nitrogens with zero attached hydrogens (tertiary/aromatic N) is 1. The molecule has 0 saturated carbocycles. The van der Waals surface area contributed by atoms with Gasteiger partial charge in [0.1, 0.15) is 5.65 Å². The molecule has 0 saturated heterocycles. The summed E-state index contributed by atoms with van der Waals surface area (Å²) in [6, 6.07) is 9.23. The molecule has 6 heteroatoms. The standard InChI is InChI=1S/C20H14F3N3/c1-12-10-13(14-6-8-24-19-15(14)7-9-25-19)11-18(26-12)16-4-2-3-5-17(16)20(21,22)23/h2-11,26H,1H2,(H,24,25). The topological polar surface area (TPSA) is 40.7 Å². The van der Waals surface area contributed by atoms with Crippen LogP contribution in [0.3, 0.4) is 0 Å². The lowest BCUT2D eigenvalue weighted by molar-refractivity contribution is -0.137. The molecule has 2 N–H and O–H groups in total. The number of pyridine rings is 1. The average molecular weight is 353 g/mol. The summed E-state index contributed by atoms with van der Waals surface area (Å²) in [7, 11) is 0. The molecule has 1 aliphatic heterocycles. The fourth-order valence-electron chi connectivity index (χ4n) is 3.11. The second-order valence-corrected chi connectivity index (χ2v) is 5.95. The number of aromatic nitrogens is 2. The van der Waals surface area contributed by atoms with Gasteiger partial charge in [-0.05, 0) is 41.5 Å². The maximum Gasteiger partial charge on any atom is 0.417 e. The van der Waals surface area contributed by atoms with Gasteiger partial charge in [-0.1, -0.05) is 24.8 Å². The minimum absolute atomic E-state index is 0.0890. The maximum atomic E-state index is 13.4. The SMILES string of the molecule is C=C1C=C(c2ccnc3[nH]ccc23)C=C(c2ccccc2C(F)(F)F)N1. The summed E-state index contributed by atoms with van der Waals surface area (Å²) < 4.78 is 40.1. The third-order valence-electron chi connectivity index (χ3n) is 4.22. The minimum atomic E-state index is -4.44. The summed E-state index contributed by atoms with van der Waals surface area (Å²) in [6.45, 7) is 3.89. The van der Waals surface area contributed by atoms with Gasteiger partial charge in [-0.2, -0.15) is 13.2 Å². The van der Waals surface area contributed by atoms with Crippen molar-refractivity contribution in [2.45, 2.75) is 6.18 Å². The first-order chi connectivity index (χ1) is 12.4. The van der Waals surface area contributed by atoms with Crippen molar-refractivity contribution in [2.75, 3.05) is 0 Å². The highest BCUT2D eigenvalue weighted by Gasteiger charge is 2.34. The summed E-state index contributed by atoms with van der Waals surface area (Å²) in [6.07, 6.45) is 2.52. The Balaban J connectivity index is 1.87. The number of alkyl halides is 3. The lowest BCUT2D eigenvalue weighted by atomic mass is 9.95. The van der Waals surface area contributed by atoms with E-state index in [1.807, 2.05) is 18.2 Å². The molecule has 3 heterocycles. The van der Waals surface area contributed by atoms with Gasteiger partial charge in [0.2, 0.25) is 0 Å². The molecule has 3 nitrogen and oxygen atoms in total. The van der Waals surface area contributed by atoms with Crippen LogP contribution in [0.2, 0.25) is 0 Å². The third kappa shape index (κ3) is 2.79. The van der Waals surface area contributed by atoms with E-state index in [1.165, 1.54) is 12.1 Å². The fraction of sp³-hybridized carbons (Fsp3) is 0.0500. The second-order valence-electron chi connectivity index (χ2n) is 5.95.